The van der Waals surface area contributed by atoms with Gasteiger partial charge in [-0.25, -0.2) is 0 Å². The highest BCUT2D eigenvalue weighted by atomic mass is 79.9. The van der Waals surface area contributed by atoms with Crippen LogP contribution < -0.4 is 0 Å². The van der Waals surface area contributed by atoms with Crippen LogP contribution in [0.25, 0.3) is 22.9 Å². The number of aromatic nitrogens is 3. The normalized spacial score (nSPS) is 10.6. The summed E-state index contributed by atoms with van der Waals surface area (Å²) in [5.41, 5.74) is 2.65. The molecule has 0 saturated carbocycles. The summed E-state index contributed by atoms with van der Waals surface area (Å²) in [5, 5.41) is 8.13. The Morgan fingerprint density at radius 1 is 1.00 bits per heavy atom. The number of hydrogen-bond donors (Lipinski definition) is 0. The Morgan fingerprint density at radius 3 is 2.53 bits per heavy atom. The molecule has 0 aliphatic rings. The lowest BCUT2D eigenvalue weighted by Gasteiger charge is -1.97. The minimum atomic E-state index is 0.471. The lowest BCUT2D eigenvalue weighted by atomic mass is 10.2. The van der Waals surface area contributed by atoms with Crippen LogP contribution in [-0.4, -0.2) is 15.2 Å². The molecule has 0 aliphatic heterocycles. The van der Waals surface area contributed by atoms with E-state index in [-0.39, 0.29) is 0 Å². The van der Waals surface area contributed by atoms with E-state index in [9.17, 15) is 0 Å². The van der Waals surface area contributed by atoms with Crippen LogP contribution in [-0.2, 0) is 0 Å². The Balaban J connectivity index is 2.00. The zero-order valence-electron chi connectivity index (χ0n) is 10.2. The van der Waals surface area contributed by atoms with Gasteiger partial charge in [-0.15, -0.1) is 10.2 Å². The van der Waals surface area contributed by atoms with Crippen LogP contribution in [0.5, 0.6) is 0 Å². The van der Waals surface area contributed by atoms with Gasteiger partial charge < -0.3 is 4.42 Å². The Bertz CT molecular complexity index is 707. The maximum Gasteiger partial charge on any atom is 0.249 e. The summed E-state index contributed by atoms with van der Waals surface area (Å²) < 4.78 is 6.61. The topological polar surface area (TPSA) is 51.8 Å². The average molecular weight is 316 g/mol. The molecule has 19 heavy (non-hydrogen) atoms. The summed E-state index contributed by atoms with van der Waals surface area (Å²) in [5.74, 6) is 0.960. The molecule has 1 aromatic carbocycles. The number of halogens is 1. The van der Waals surface area contributed by atoms with Gasteiger partial charge in [0, 0.05) is 16.4 Å². The SMILES string of the molecule is Cc1ccc(-c2nnc(-c3ccccc3Br)o2)cn1. The Hall–Kier alpha value is -2.01. The van der Waals surface area contributed by atoms with E-state index < -0.39 is 0 Å². The molecule has 3 rings (SSSR count). The Kier molecular flexibility index (Phi) is 3.13. The van der Waals surface area contributed by atoms with Gasteiger partial charge in [0.25, 0.3) is 0 Å². The molecule has 0 N–H and O–H groups in total. The van der Waals surface area contributed by atoms with Gasteiger partial charge in [0.2, 0.25) is 11.8 Å². The summed E-state index contributed by atoms with van der Waals surface area (Å²) in [4.78, 5) is 4.22. The van der Waals surface area contributed by atoms with Gasteiger partial charge in [0.1, 0.15) is 0 Å². The first-order chi connectivity index (χ1) is 9.24. The molecule has 4 nitrogen and oxygen atoms in total. The van der Waals surface area contributed by atoms with E-state index in [0.717, 1.165) is 21.3 Å². The van der Waals surface area contributed by atoms with E-state index in [1.165, 1.54) is 0 Å². The summed E-state index contributed by atoms with van der Waals surface area (Å²) >= 11 is 3.47. The van der Waals surface area contributed by atoms with Gasteiger partial charge >= 0.3 is 0 Å². The molecule has 0 radical (unpaired) electrons. The molecule has 0 fully saturated rings. The van der Waals surface area contributed by atoms with Crippen molar-refractivity contribution in [2.45, 2.75) is 6.92 Å². The lowest BCUT2D eigenvalue weighted by molar-refractivity contribution is 0.584. The van der Waals surface area contributed by atoms with Crippen LogP contribution in [0.15, 0.2) is 51.5 Å². The Morgan fingerprint density at radius 2 is 1.79 bits per heavy atom. The molecular formula is C14H10BrN3O. The highest BCUT2D eigenvalue weighted by Gasteiger charge is 2.12. The molecule has 0 unspecified atom stereocenters. The minimum Gasteiger partial charge on any atom is -0.416 e. The molecule has 0 amide bonds. The monoisotopic (exact) mass is 315 g/mol. The van der Waals surface area contributed by atoms with Crippen molar-refractivity contribution in [1.29, 1.82) is 0 Å². The van der Waals surface area contributed by atoms with Gasteiger partial charge in [-0.2, -0.15) is 0 Å². The third-order valence-electron chi connectivity index (χ3n) is 2.69. The predicted molar refractivity (Wildman–Crippen MR) is 75.4 cm³/mol. The van der Waals surface area contributed by atoms with Crippen molar-refractivity contribution in [2.75, 3.05) is 0 Å². The van der Waals surface area contributed by atoms with Crippen molar-refractivity contribution in [3.8, 4) is 22.9 Å². The molecule has 3 aromatic rings. The molecule has 2 heterocycles. The van der Waals surface area contributed by atoms with Gasteiger partial charge in [0.15, 0.2) is 0 Å². The number of aryl methyl sites for hydroxylation is 1. The fraction of sp³-hybridized carbons (Fsp3) is 0.0714. The average Bonchev–Trinajstić information content (AvgIpc) is 2.89. The van der Waals surface area contributed by atoms with Crippen LogP contribution in [0.4, 0.5) is 0 Å². The van der Waals surface area contributed by atoms with E-state index in [4.69, 9.17) is 4.42 Å². The van der Waals surface area contributed by atoms with E-state index in [0.29, 0.717) is 11.8 Å². The summed E-state index contributed by atoms with van der Waals surface area (Å²) in [7, 11) is 0. The molecule has 5 heteroatoms. The van der Waals surface area contributed by atoms with Gasteiger partial charge in [0.05, 0.1) is 11.1 Å². The molecule has 0 aliphatic carbocycles. The molecule has 2 aromatic heterocycles. The third kappa shape index (κ3) is 2.42. The van der Waals surface area contributed by atoms with Crippen molar-refractivity contribution in [3.63, 3.8) is 0 Å². The molecule has 0 spiro atoms. The summed E-state index contributed by atoms with van der Waals surface area (Å²) in [6.45, 7) is 1.93. The third-order valence-corrected chi connectivity index (χ3v) is 3.38. The summed E-state index contributed by atoms with van der Waals surface area (Å²) in [6.07, 6.45) is 1.73. The highest BCUT2D eigenvalue weighted by molar-refractivity contribution is 9.10. The first-order valence-corrected chi connectivity index (χ1v) is 6.55. The van der Waals surface area contributed by atoms with Gasteiger partial charge in [-0.05, 0) is 47.1 Å². The summed E-state index contributed by atoms with van der Waals surface area (Å²) in [6, 6.07) is 11.6. The Labute approximate surface area is 118 Å². The minimum absolute atomic E-state index is 0.471. The smallest absolute Gasteiger partial charge is 0.249 e. The van der Waals surface area contributed by atoms with E-state index in [1.807, 2.05) is 43.3 Å². The molecule has 94 valence electrons. The van der Waals surface area contributed by atoms with Gasteiger partial charge in [-0.3, -0.25) is 4.98 Å². The fourth-order valence-corrected chi connectivity index (χ4v) is 2.13. The van der Waals surface area contributed by atoms with Crippen molar-refractivity contribution in [1.82, 2.24) is 15.2 Å². The zero-order valence-corrected chi connectivity index (χ0v) is 11.8. The number of pyridine rings is 1. The van der Waals surface area contributed by atoms with E-state index in [1.54, 1.807) is 6.20 Å². The van der Waals surface area contributed by atoms with E-state index >= 15 is 0 Å². The highest BCUT2D eigenvalue weighted by Crippen LogP contribution is 2.28. The van der Waals surface area contributed by atoms with Crippen LogP contribution in [0.1, 0.15) is 5.69 Å². The molecule has 0 atom stereocenters. The second-order valence-corrected chi connectivity index (χ2v) is 4.93. The second kappa shape index (κ2) is 4.93. The molecule has 0 saturated heterocycles. The van der Waals surface area contributed by atoms with Crippen molar-refractivity contribution >= 4 is 15.9 Å². The van der Waals surface area contributed by atoms with Crippen LogP contribution in [0.3, 0.4) is 0 Å². The second-order valence-electron chi connectivity index (χ2n) is 4.08. The molecular weight excluding hydrogens is 306 g/mol. The number of nitrogens with zero attached hydrogens (tertiary/aromatic N) is 3. The first-order valence-electron chi connectivity index (χ1n) is 5.75. The predicted octanol–water partition coefficient (Wildman–Crippen LogP) is 3.87. The number of rotatable bonds is 2. The maximum atomic E-state index is 5.68. The first kappa shape index (κ1) is 12.0. The van der Waals surface area contributed by atoms with Crippen molar-refractivity contribution in [2.24, 2.45) is 0 Å². The number of hydrogen-bond acceptors (Lipinski definition) is 4. The standard InChI is InChI=1S/C14H10BrN3O/c1-9-6-7-10(8-16-9)13-17-18-14(19-13)11-4-2-3-5-12(11)15/h2-8H,1H3. The van der Waals surface area contributed by atoms with Crippen LogP contribution >= 0.6 is 15.9 Å². The maximum absolute atomic E-state index is 5.68. The zero-order chi connectivity index (χ0) is 13.2. The van der Waals surface area contributed by atoms with Gasteiger partial charge in [-0.1, -0.05) is 12.1 Å². The molecule has 0 bridgehead atoms. The van der Waals surface area contributed by atoms with Crippen molar-refractivity contribution in [3.05, 3.63) is 52.8 Å². The largest absolute Gasteiger partial charge is 0.416 e. The van der Waals surface area contributed by atoms with Crippen molar-refractivity contribution < 1.29 is 4.42 Å². The van der Waals surface area contributed by atoms with Crippen LogP contribution in [0, 0.1) is 6.92 Å². The fourth-order valence-electron chi connectivity index (χ4n) is 1.68. The van der Waals surface area contributed by atoms with E-state index in [2.05, 4.69) is 31.1 Å². The van der Waals surface area contributed by atoms with Crippen LogP contribution in [0.2, 0.25) is 0 Å². The quantitative estimate of drug-likeness (QED) is 0.720. The lowest BCUT2D eigenvalue weighted by Crippen LogP contribution is -1.82. The number of benzene rings is 1.